The molecule has 5 nitrogen and oxygen atoms in total. The number of carboxylic acid groups (broad SMARTS) is 1. The van der Waals surface area contributed by atoms with Gasteiger partial charge in [-0.15, -0.1) is 0 Å². The number of rotatable bonds is 7. The van der Waals surface area contributed by atoms with E-state index in [2.05, 4.69) is 4.99 Å². The van der Waals surface area contributed by atoms with Crippen LogP contribution in [-0.2, 0) is 4.79 Å². The van der Waals surface area contributed by atoms with Crippen LogP contribution in [0.5, 0.6) is 0 Å². The first-order valence-electron chi connectivity index (χ1n) is 4.86. The lowest BCUT2D eigenvalue weighted by Crippen LogP contribution is -2.24. The van der Waals surface area contributed by atoms with Crippen molar-refractivity contribution in [2.24, 2.45) is 16.5 Å². The Labute approximate surface area is 84.2 Å². The molecule has 0 saturated heterocycles. The van der Waals surface area contributed by atoms with Crippen molar-refractivity contribution in [3.63, 3.8) is 0 Å². The fourth-order valence-electron chi connectivity index (χ4n) is 1.08. The van der Waals surface area contributed by atoms with E-state index in [1.165, 1.54) is 0 Å². The number of carboxylic acids is 1. The molecule has 14 heavy (non-hydrogen) atoms. The van der Waals surface area contributed by atoms with Crippen molar-refractivity contribution < 1.29 is 9.90 Å². The molecule has 0 rings (SSSR count). The van der Waals surface area contributed by atoms with Gasteiger partial charge in [0.2, 0.25) is 0 Å². The van der Waals surface area contributed by atoms with E-state index >= 15 is 0 Å². The Balaban J connectivity index is 4.20. The van der Waals surface area contributed by atoms with Gasteiger partial charge in [0.05, 0.1) is 5.84 Å². The topological polar surface area (TPSA) is 102 Å². The van der Waals surface area contributed by atoms with E-state index in [1.54, 1.807) is 0 Å². The molecule has 1 atom stereocenters. The van der Waals surface area contributed by atoms with Gasteiger partial charge in [0.1, 0.15) is 6.04 Å². The second kappa shape index (κ2) is 7.32. The van der Waals surface area contributed by atoms with E-state index in [-0.39, 0.29) is 0 Å². The van der Waals surface area contributed by atoms with Crippen molar-refractivity contribution in [1.82, 2.24) is 0 Å². The molecule has 0 aromatic carbocycles. The fourth-order valence-corrected chi connectivity index (χ4v) is 1.08. The summed E-state index contributed by atoms with van der Waals surface area (Å²) in [5, 5.41) is 8.81. The first kappa shape index (κ1) is 12.9. The Morgan fingerprint density at radius 3 is 2.64 bits per heavy atom. The monoisotopic (exact) mass is 201 g/mol. The zero-order valence-corrected chi connectivity index (χ0v) is 8.57. The van der Waals surface area contributed by atoms with Crippen molar-refractivity contribution >= 4 is 11.8 Å². The molecule has 0 aromatic rings. The van der Waals surface area contributed by atoms with E-state index < -0.39 is 12.0 Å². The van der Waals surface area contributed by atoms with E-state index in [9.17, 15) is 4.79 Å². The van der Waals surface area contributed by atoms with Crippen molar-refractivity contribution in [2.45, 2.75) is 38.6 Å². The highest BCUT2D eigenvalue weighted by molar-refractivity contribution is 5.84. The predicted octanol–water partition coefficient (Wildman–Crippen LogP) is 0.336. The maximum Gasteiger partial charge on any atom is 0.328 e. The molecule has 0 heterocycles. The molecule has 0 aromatic heterocycles. The van der Waals surface area contributed by atoms with Gasteiger partial charge in [-0.05, 0) is 25.8 Å². The summed E-state index contributed by atoms with van der Waals surface area (Å²) in [6, 6.07) is -0.731. The van der Waals surface area contributed by atoms with Gasteiger partial charge in [0.25, 0.3) is 0 Å². The lowest BCUT2D eigenvalue weighted by Gasteiger charge is -2.07. The van der Waals surface area contributed by atoms with Crippen LogP contribution in [0, 0.1) is 0 Å². The minimum atomic E-state index is -0.933. The van der Waals surface area contributed by atoms with E-state index in [1.807, 2.05) is 6.92 Å². The second-order valence-electron chi connectivity index (χ2n) is 3.16. The summed E-state index contributed by atoms with van der Waals surface area (Å²) in [6.07, 6.45) is 2.63. The Hall–Kier alpha value is -1.10. The van der Waals surface area contributed by atoms with Crippen LogP contribution in [0.25, 0.3) is 0 Å². The maximum atomic E-state index is 10.7. The van der Waals surface area contributed by atoms with Gasteiger partial charge >= 0.3 is 5.97 Å². The summed E-state index contributed by atoms with van der Waals surface area (Å²) in [5.74, 6) is -0.519. The van der Waals surface area contributed by atoms with Gasteiger partial charge in [0.15, 0.2) is 0 Å². The molecule has 0 bridgehead atoms. The lowest BCUT2D eigenvalue weighted by molar-refractivity contribution is -0.138. The number of aliphatic carboxylic acids is 1. The van der Waals surface area contributed by atoms with Crippen molar-refractivity contribution in [1.29, 1.82) is 0 Å². The third-order valence-corrected chi connectivity index (χ3v) is 1.79. The smallest absolute Gasteiger partial charge is 0.328 e. The van der Waals surface area contributed by atoms with Crippen LogP contribution in [0.15, 0.2) is 4.99 Å². The molecule has 0 spiro atoms. The highest BCUT2D eigenvalue weighted by atomic mass is 16.4. The Bertz CT molecular complexity index is 204. The minimum Gasteiger partial charge on any atom is -0.480 e. The summed E-state index contributed by atoms with van der Waals surface area (Å²) in [5.41, 5.74) is 10.8. The molecular formula is C9H19N3O2. The summed E-state index contributed by atoms with van der Waals surface area (Å²) in [6.45, 7) is 2.45. The molecule has 5 heteroatoms. The fraction of sp³-hybridized carbons (Fsp3) is 0.778. The van der Waals surface area contributed by atoms with Gasteiger partial charge in [-0.3, -0.25) is 4.99 Å². The summed E-state index contributed by atoms with van der Waals surface area (Å²) < 4.78 is 0. The highest BCUT2D eigenvalue weighted by Gasteiger charge is 2.15. The van der Waals surface area contributed by atoms with Crippen LogP contribution in [0.4, 0.5) is 0 Å². The first-order chi connectivity index (χ1) is 6.61. The Morgan fingerprint density at radius 2 is 2.21 bits per heavy atom. The van der Waals surface area contributed by atoms with Crippen LogP contribution >= 0.6 is 0 Å². The van der Waals surface area contributed by atoms with Crippen LogP contribution in [0.2, 0.25) is 0 Å². The zero-order valence-electron chi connectivity index (χ0n) is 8.57. The van der Waals surface area contributed by atoms with Crippen LogP contribution in [-0.4, -0.2) is 29.5 Å². The Kier molecular flexibility index (Phi) is 6.74. The Morgan fingerprint density at radius 1 is 1.57 bits per heavy atom. The molecule has 0 aliphatic heterocycles. The third-order valence-electron chi connectivity index (χ3n) is 1.79. The van der Waals surface area contributed by atoms with Gasteiger partial charge in [-0.2, -0.15) is 0 Å². The standard InChI is InChI=1S/C9H19N3O2/c1-2-4-8(11)12-7(9(13)14)5-3-6-10/h7H,2-6,10H2,1H3,(H2,11,12)(H,13,14)/t7-/m0/s1. The number of hydrogen-bond donors (Lipinski definition) is 3. The number of aliphatic imine (C=N–C) groups is 1. The number of nitrogens with zero attached hydrogens (tertiary/aromatic N) is 1. The van der Waals surface area contributed by atoms with Crippen LogP contribution in [0.3, 0.4) is 0 Å². The molecule has 0 aliphatic rings. The average Bonchev–Trinajstić information content (AvgIpc) is 2.12. The summed E-state index contributed by atoms with van der Waals surface area (Å²) >= 11 is 0. The minimum absolute atomic E-state index is 0.414. The summed E-state index contributed by atoms with van der Waals surface area (Å²) in [7, 11) is 0. The van der Waals surface area contributed by atoms with E-state index in [0.717, 1.165) is 6.42 Å². The molecule has 5 N–H and O–H groups in total. The molecule has 82 valence electrons. The average molecular weight is 201 g/mol. The number of hydrogen-bond acceptors (Lipinski definition) is 3. The normalized spacial score (nSPS) is 14.0. The quantitative estimate of drug-likeness (QED) is 0.408. The maximum absolute atomic E-state index is 10.7. The largest absolute Gasteiger partial charge is 0.480 e. The molecule has 0 fully saturated rings. The SMILES string of the molecule is CCCC(N)=N[C@@H](CCCN)C(=O)O. The summed E-state index contributed by atoms with van der Waals surface area (Å²) in [4.78, 5) is 14.7. The van der Waals surface area contributed by atoms with Gasteiger partial charge in [-0.25, -0.2) is 4.79 Å². The second-order valence-corrected chi connectivity index (χ2v) is 3.16. The van der Waals surface area contributed by atoms with Gasteiger partial charge in [0, 0.05) is 6.42 Å². The van der Waals surface area contributed by atoms with E-state index in [4.69, 9.17) is 16.6 Å². The van der Waals surface area contributed by atoms with Crippen molar-refractivity contribution in [2.75, 3.05) is 6.54 Å². The molecule has 0 unspecified atom stereocenters. The molecule has 0 saturated carbocycles. The van der Waals surface area contributed by atoms with Gasteiger partial charge in [-0.1, -0.05) is 6.92 Å². The molecule has 0 radical (unpaired) electrons. The van der Waals surface area contributed by atoms with Crippen molar-refractivity contribution in [3.05, 3.63) is 0 Å². The molecular weight excluding hydrogens is 182 g/mol. The van der Waals surface area contributed by atoms with Crippen LogP contribution < -0.4 is 11.5 Å². The third kappa shape index (κ3) is 5.53. The first-order valence-corrected chi connectivity index (χ1v) is 4.86. The van der Waals surface area contributed by atoms with Crippen LogP contribution in [0.1, 0.15) is 32.6 Å². The predicted molar refractivity (Wildman–Crippen MR) is 56.2 cm³/mol. The number of carbonyl (C=O) groups is 1. The molecule has 0 amide bonds. The van der Waals surface area contributed by atoms with E-state index in [0.29, 0.717) is 31.6 Å². The molecule has 0 aliphatic carbocycles. The van der Waals surface area contributed by atoms with Gasteiger partial charge < -0.3 is 16.6 Å². The number of amidine groups is 1. The lowest BCUT2D eigenvalue weighted by atomic mass is 10.1. The zero-order chi connectivity index (χ0) is 11.0. The highest BCUT2D eigenvalue weighted by Crippen LogP contribution is 2.03. The van der Waals surface area contributed by atoms with Crippen molar-refractivity contribution in [3.8, 4) is 0 Å². The number of nitrogens with two attached hydrogens (primary N) is 2.